The lowest BCUT2D eigenvalue weighted by Gasteiger charge is -2.30. The molecule has 0 unspecified atom stereocenters. The van der Waals surface area contributed by atoms with E-state index in [9.17, 15) is 18.0 Å². The lowest BCUT2D eigenvalue weighted by molar-refractivity contribution is -0.120. The van der Waals surface area contributed by atoms with Gasteiger partial charge in [0.05, 0.1) is 16.1 Å². The maximum absolute atomic E-state index is 12.8. The van der Waals surface area contributed by atoms with Crippen LogP contribution >= 0.6 is 0 Å². The highest BCUT2D eigenvalue weighted by molar-refractivity contribution is 7.89. The van der Waals surface area contributed by atoms with Gasteiger partial charge in [-0.25, -0.2) is 8.42 Å². The van der Waals surface area contributed by atoms with Crippen LogP contribution in [0.15, 0.2) is 59.5 Å². The van der Waals surface area contributed by atoms with E-state index in [0.717, 1.165) is 0 Å². The summed E-state index contributed by atoms with van der Waals surface area (Å²) < 4.78 is 26.9. The number of benzene rings is 2. The predicted octanol–water partition coefficient (Wildman–Crippen LogP) is 2.86. The van der Waals surface area contributed by atoms with Crippen molar-refractivity contribution in [1.29, 1.82) is 0 Å². The van der Waals surface area contributed by atoms with Crippen molar-refractivity contribution < 1.29 is 18.0 Å². The molecule has 0 atom stereocenters. The largest absolute Gasteiger partial charge is 0.350 e. The zero-order valence-electron chi connectivity index (χ0n) is 17.2. The topological polar surface area (TPSA) is 95.6 Å². The highest BCUT2D eigenvalue weighted by atomic mass is 32.2. The van der Waals surface area contributed by atoms with Gasteiger partial charge in [0, 0.05) is 25.0 Å². The van der Waals surface area contributed by atoms with Crippen molar-refractivity contribution in [3.05, 3.63) is 60.2 Å². The number of carbonyl (C=O) groups is 2. The minimum absolute atomic E-state index is 0.0165. The van der Waals surface area contributed by atoms with E-state index < -0.39 is 10.0 Å². The van der Waals surface area contributed by atoms with Crippen molar-refractivity contribution in [3.63, 3.8) is 0 Å². The minimum atomic E-state index is -3.55. The molecule has 1 aliphatic rings. The Kier molecular flexibility index (Phi) is 6.89. The first-order valence-corrected chi connectivity index (χ1v) is 11.5. The number of hydrogen-bond donors (Lipinski definition) is 2. The normalized spacial score (nSPS) is 15.7. The molecule has 1 saturated heterocycles. The Morgan fingerprint density at radius 1 is 0.967 bits per heavy atom. The van der Waals surface area contributed by atoms with Gasteiger partial charge < -0.3 is 10.6 Å². The van der Waals surface area contributed by atoms with E-state index in [1.54, 1.807) is 54.6 Å². The fourth-order valence-corrected chi connectivity index (χ4v) is 4.96. The van der Waals surface area contributed by atoms with Gasteiger partial charge >= 0.3 is 0 Å². The summed E-state index contributed by atoms with van der Waals surface area (Å²) in [5, 5.41) is 5.68. The Hall–Kier alpha value is -2.71. The molecule has 2 aromatic rings. The molecule has 0 radical (unpaired) electrons. The molecule has 30 heavy (non-hydrogen) atoms. The van der Waals surface area contributed by atoms with Crippen LogP contribution in [0.1, 0.15) is 37.0 Å². The predicted molar refractivity (Wildman–Crippen MR) is 116 cm³/mol. The minimum Gasteiger partial charge on any atom is -0.350 e. The van der Waals surface area contributed by atoms with Gasteiger partial charge in [-0.15, -0.1) is 0 Å². The molecule has 3 rings (SSSR count). The third-order valence-corrected chi connectivity index (χ3v) is 6.97. The quantitative estimate of drug-likeness (QED) is 0.738. The zero-order chi connectivity index (χ0) is 21.7. The van der Waals surface area contributed by atoms with E-state index in [4.69, 9.17) is 0 Å². The summed E-state index contributed by atoms with van der Waals surface area (Å²) in [5.74, 6) is -0.755. The Morgan fingerprint density at radius 3 is 2.20 bits per heavy atom. The second-order valence-corrected chi connectivity index (χ2v) is 9.59. The lowest BCUT2D eigenvalue weighted by Crippen LogP contribution is -2.41. The van der Waals surface area contributed by atoms with E-state index in [1.165, 1.54) is 4.31 Å². The molecular weight excluding hydrogens is 402 g/mol. The zero-order valence-corrected chi connectivity index (χ0v) is 18.0. The molecule has 0 bridgehead atoms. The fraction of sp³-hybridized carbons (Fsp3) is 0.364. The van der Waals surface area contributed by atoms with E-state index in [0.29, 0.717) is 24.1 Å². The molecule has 1 heterocycles. The molecule has 1 aliphatic heterocycles. The van der Waals surface area contributed by atoms with E-state index >= 15 is 0 Å². The van der Waals surface area contributed by atoms with Crippen molar-refractivity contribution in [2.24, 2.45) is 5.92 Å². The monoisotopic (exact) mass is 429 g/mol. The van der Waals surface area contributed by atoms with Crippen LogP contribution in [0.5, 0.6) is 0 Å². The summed E-state index contributed by atoms with van der Waals surface area (Å²) in [4.78, 5) is 25.4. The first-order chi connectivity index (χ1) is 14.3. The molecule has 1 fully saturated rings. The standard InChI is InChI=1S/C22H27N3O4S/c1-16(2)23-22(27)19-10-6-7-11-20(19)24-21(26)17-12-14-25(15-13-17)30(28,29)18-8-4-3-5-9-18/h3-11,16-17H,12-15H2,1-2H3,(H,23,27)(H,24,26). The number of piperidine rings is 1. The Bertz CT molecular complexity index is 998. The molecule has 0 spiro atoms. The molecule has 7 nitrogen and oxygen atoms in total. The summed E-state index contributed by atoms with van der Waals surface area (Å²) in [7, 11) is -3.55. The number of sulfonamides is 1. The van der Waals surface area contributed by atoms with Crippen molar-refractivity contribution in [1.82, 2.24) is 9.62 Å². The van der Waals surface area contributed by atoms with Gasteiger partial charge in [0.25, 0.3) is 5.91 Å². The van der Waals surface area contributed by atoms with Crippen LogP contribution in [0.2, 0.25) is 0 Å². The lowest BCUT2D eigenvalue weighted by atomic mass is 9.97. The summed E-state index contributed by atoms with van der Waals surface area (Å²) in [6.07, 6.45) is 0.858. The van der Waals surface area contributed by atoms with Crippen molar-refractivity contribution in [2.45, 2.75) is 37.6 Å². The molecule has 0 aliphatic carbocycles. The Morgan fingerprint density at radius 2 is 1.57 bits per heavy atom. The highest BCUT2D eigenvalue weighted by Crippen LogP contribution is 2.25. The van der Waals surface area contributed by atoms with Crippen LogP contribution in [-0.4, -0.2) is 43.7 Å². The number of nitrogens with one attached hydrogen (secondary N) is 2. The average Bonchev–Trinajstić information content (AvgIpc) is 2.74. The van der Waals surface area contributed by atoms with Crippen LogP contribution in [0.3, 0.4) is 0 Å². The number of nitrogens with zero attached hydrogens (tertiary/aromatic N) is 1. The van der Waals surface area contributed by atoms with Crippen LogP contribution in [0, 0.1) is 5.92 Å². The third kappa shape index (κ3) is 5.06. The molecule has 160 valence electrons. The third-order valence-electron chi connectivity index (χ3n) is 5.06. The van der Waals surface area contributed by atoms with Gasteiger partial charge in [-0.1, -0.05) is 30.3 Å². The first kappa shape index (κ1) is 22.0. The SMILES string of the molecule is CC(C)NC(=O)c1ccccc1NC(=O)C1CCN(S(=O)(=O)c2ccccc2)CC1. The second kappa shape index (κ2) is 9.40. The van der Waals surface area contributed by atoms with Gasteiger partial charge in [0.1, 0.15) is 0 Å². The van der Waals surface area contributed by atoms with E-state index in [-0.39, 0.29) is 41.8 Å². The molecule has 0 aromatic heterocycles. The fourth-order valence-electron chi connectivity index (χ4n) is 3.46. The molecule has 2 amide bonds. The summed E-state index contributed by atoms with van der Waals surface area (Å²) >= 11 is 0. The summed E-state index contributed by atoms with van der Waals surface area (Å²) in [6, 6.07) is 15.2. The summed E-state index contributed by atoms with van der Waals surface area (Å²) in [5.41, 5.74) is 0.864. The number of anilines is 1. The first-order valence-electron chi connectivity index (χ1n) is 10.0. The molecular formula is C22H27N3O4S. The van der Waals surface area contributed by atoms with Crippen LogP contribution < -0.4 is 10.6 Å². The highest BCUT2D eigenvalue weighted by Gasteiger charge is 2.32. The van der Waals surface area contributed by atoms with Crippen LogP contribution in [-0.2, 0) is 14.8 Å². The van der Waals surface area contributed by atoms with Crippen molar-refractivity contribution in [2.75, 3.05) is 18.4 Å². The maximum Gasteiger partial charge on any atom is 0.253 e. The van der Waals surface area contributed by atoms with Gasteiger partial charge in [-0.3, -0.25) is 9.59 Å². The number of carbonyl (C=O) groups excluding carboxylic acids is 2. The molecule has 2 aromatic carbocycles. The second-order valence-electron chi connectivity index (χ2n) is 7.65. The summed E-state index contributed by atoms with van der Waals surface area (Å²) in [6.45, 7) is 4.31. The smallest absolute Gasteiger partial charge is 0.253 e. The maximum atomic E-state index is 12.8. The Labute approximate surface area is 177 Å². The number of rotatable bonds is 6. The number of amides is 2. The molecule has 2 N–H and O–H groups in total. The molecule has 8 heteroatoms. The van der Waals surface area contributed by atoms with Gasteiger partial charge in [-0.2, -0.15) is 4.31 Å². The van der Waals surface area contributed by atoms with Gasteiger partial charge in [-0.05, 0) is 51.0 Å². The van der Waals surface area contributed by atoms with E-state index in [1.807, 2.05) is 13.8 Å². The Balaban J connectivity index is 1.64. The van der Waals surface area contributed by atoms with Crippen molar-refractivity contribution >= 4 is 27.5 Å². The molecule has 0 saturated carbocycles. The van der Waals surface area contributed by atoms with E-state index in [2.05, 4.69) is 10.6 Å². The van der Waals surface area contributed by atoms with Gasteiger partial charge in [0.15, 0.2) is 0 Å². The number of para-hydroxylation sites is 1. The van der Waals surface area contributed by atoms with Crippen LogP contribution in [0.25, 0.3) is 0 Å². The van der Waals surface area contributed by atoms with Crippen molar-refractivity contribution in [3.8, 4) is 0 Å². The number of hydrogen-bond acceptors (Lipinski definition) is 4. The average molecular weight is 430 g/mol. The van der Waals surface area contributed by atoms with Gasteiger partial charge in [0.2, 0.25) is 15.9 Å². The van der Waals surface area contributed by atoms with Crippen LogP contribution in [0.4, 0.5) is 5.69 Å².